The van der Waals surface area contributed by atoms with E-state index in [1.165, 1.54) is 0 Å². The monoisotopic (exact) mass is 567 g/mol. The van der Waals surface area contributed by atoms with E-state index in [1.54, 1.807) is 12.3 Å². The van der Waals surface area contributed by atoms with Crippen molar-refractivity contribution in [3.8, 4) is 22.9 Å². The van der Waals surface area contributed by atoms with Crippen molar-refractivity contribution in [2.24, 2.45) is 5.92 Å². The van der Waals surface area contributed by atoms with Gasteiger partial charge in [0.05, 0.1) is 36.5 Å². The Morgan fingerprint density at radius 3 is 2.62 bits per heavy atom. The molecule has 5 rings (SSSR count). The number of sulfone groups is 1. The largest absolute Gasteiger partial charge is 0.493 e. The highest BCUT2D eigenvalue weighted by Gasteiger charge is 2.36. The first-order valence-electron chi connectivity index (χ1n) is 13.3. The van der Waals surface area contributed by atoms with Crippen molar-refractivity contribution in [3.05, 3.63) is 76.8 Å². The van der Waals surface area contributed by atoms with Gasteiger partial charge in [0.2, 0.25) is 5.88 Å². The Morgan fingerprint density at radius 2 is 1.93 bits per heavy atom. The number of aliphatic hydroxyl groups is 1. The van der Waals surface area contributed by atoms with Gasteiger partial charge >= 0.3 is 5.97 Å². The van der Waals surface area contributed by atoms with Crippen LogP contribution in [0, 0.1) is 19.8 Å². The summed E-state index contributed by atoms with van der Waals surface area (Å²) in [4.78, 5) is 15.8. The van der Waals surface area contributed by atoms with Crippen LogP contribution >= 0.6 is 0 Å². The maximum atomic E-state index is 11.7. The van der Waals surface area contributed by atoms with E-state index in [1.807, 2.05) is 50.3 Å². The molecule has 3 heterocycles. The van der Waals surface area contributed by atoms with Gasteiger partial charge in [-0.2, -0.15) is 0 Å². The van der Waals surface area contributed by atoms with Crippen molar-refractivity contribution < 1.29 is 37.6 Å². The second-order valence-electron chi connectivity index (χ2n) is 10.7. The van der Waals surface area contributed by atoms with Gasteiger partial charge in [0, 0.05) is 17.5 Å². The average molecular weight is 568 g/mol. The normalized spacial score (nSPS) is 22.1. The van der Waals surface area contributed by atoms with Crippen molar-refractivity contribution in [3.63, 3.8) is 0 Å². The van der Waals surface area contributed by atoms with Crippen LogP contribution in [-0.2, 0) is 19.4 Å². The molecule has 2 saturated heterocycles. The third-order valence-corrected chi connectivity index (χ3v) is 9.19. The fourth-order valence-corrected chi connectivity index (χ4v) is 6.91. The summed E-state index contributed by atoms with van der Waals surface area (Å²) < 4.78 is 40.9. The first-order valence-corrected chi connectivity index (χ1v) is 15.1. The summed E-state index contributed by atoms with van der Waals surface area (Å²) in [5.41, 5.74) is 4.27. The van der Waals surface area contributed by atoms with Gasteiger partial charge in [0.15, 0.2) is 9.84 Å². The number of pyridine rings is 1. The highest BCUT2D eigenvalue weighted by atomic mass is 32.2. The summed E-state index contributed by atoms with van der Waals surface area (Å²) >= 11 is 0. The number of aliphatic carboxylic acids is 1. The Bertz CT molecular complexity index is 1480. The van der Waals surface area contributed by atoms with E-state index in [-0.39, 0.29) is 43.3 Å². The number of benzene rings is 1. The van der Waals surface area contributed by atoms with Gasteiger partial charge in [-0.15, -0.1) is 0 Å². The van der Waals surface area contributed by atoms with E-state index in [4.69, 9.17) is 24.3 Å². The molecule has 212 valence electrons. The zero-order chi connectivity index (χ0) is 28.5. The van der Waals surface area contributed by atoms with Gasteiger partial charge in [-0.25, -0.2) is 13.4 Å². The van der Waals surface area contributed by atoms with Crippen molar-refractivity contribution >= 4 is 15.8 Å². The molecule has 1 aromatic heterocycles. The zero-order valence-corrected chi connectivity index (χ0v) is 23.4. The van der Waals surface area contributed by atoms with Gasteiger partial charge in [0.1, 0.15) is 23.7 Å². The minimum Gasteiger partial charge on any atom is -0.493 e. The van der Waals surface area contributed by atoms with Crippen molar-refractivity contribution in [1.82, 2.24) is 4.98 Å². The molecule has 2 aromatic rings. The molecule has 10 heteroatoms. The highest BCUT2D eigenvalue weighted by Crippen LogP contribution is 2.37. The summed E-state index contributed by atoms with van der Waals surface area (Å²) in [5, 5.41) is 19.8. The average Bonchev–Trinajstić information content (AvgIpc) is 3.29. The number of rotatable bonds is 8. The van der Waals surface area contributed by atoms with Crippen LogP contribution in [0.5, 0.6) is 11.6 Å². The molecule has 1 atom stereocenters. The Kier molecular flexibility index (Phi) is 7.74. The van der Waals surface area contributed by atoms with E-state index in [0.717, 1.165) is 33.5 Å². The van der Waals surface area contributed by atoms with Crippen LogP contribution in [0.4, 0.5) is 0 Å². The molecule has 40 heavy (non-hydrogen) atoms. The lowest BCUT2D eigenvalue weighted by molar-refractivity contribution is -0.137. The minimum atomic E-state index is -3.08. The number of aryl methyl sites for hydroxylation is 2. The molecule has 2 aliphatic heterocycles. The second-order valence-corrected chi connectivity index (χ2v) is 13.1. The molecule has 0 amide bonds. The van der Waals surface area contributed by atoms with E-state index >= 15 is 0 Å². The fraction of sp³-hybridized carbons (Fsp3) is 0.400. The first kappa shape index (κ1) is 27.9. The van der Waals surface area contributed by atoms with Crippen molar-refractivity contribution in [2.45, 2.75) is 45.1 Å². The van der Waals surface area contributed by atoms with Crippen LogP contribution in [-0.4, -0.2) is 59.9 Å². The number of aromatic nitrogens is 1. The predicted molar refractivity (Wildman–Crippen MR) is 149 cm³/mol. The van der Waals surface area contributed by atoms with Crippen LogP contribution in [0.3, 0.4) is 0 Å². The lowest BCUT2D eigenvalue weighted by Gasteiger charge is -2.31. The maximum absolute atomic E-state index is 11.7. The number of allylic oxidation sites excluding steroid dienone is 4. The molecular weight excluding hydrogens is 534 g/mol. The van der Waals surface area contributed by atoms with Crippen molar-refractivity contribution in [2.75, 3.05) is 24.7 Å². The summed E-state index contributed by atoms with van der Waals surface area (Å²) in [6, 6.07) is 9.34. The summed E-state index contributed by atoms with van der Waals surface area (Å²) in [5.74, 6) is 0.725. The van der Waals surface area contributed by atoms with Crippen molar-refractivity contribution in [1.29, 1.82) is 0 Å². The number of carboxylic acid groups (broad SMARTS) is 1. The lowest BCUT2D eigenvalue weighted by atomic mass is 9.92. The number of hydrogen-bond donors (Lipinski definition) is 2. The number of carboxylic acids is 1. The molecule has 1 aromatic carbocycles. The molecule has 0 saturated carbocycles. The van der Waals surface area contributed by atoms with Crippen LogP contribution in [0.1, 0.15) is 36.8 Å². The number of nitrogens with zero attached hydrogens (tertiary/aromatic N) is 1. The van der Waals surface area contributed by atoms with Gasteiger partial charge in [-0.05, 0) is 79.7 Å². The Hall–Kier alpha value is -3.63. The molecule has 9 nitrogen and oxygen atoms in total. The van der Waals surface area contributed by atoms with Gasteiger partial charge < -0.3 is 24.4 Å². The Morgan fingerprint density at radius 1 is 1.20 bits per heavy atom. The SMILES string of the molecule is Cc1cc(OCC2(O)CCS(=O)(=O)CC2)cc(C)c1-c1cccc(OC=C2C=C3OCC(CC(=O)O)C3=CC2)n1. The fourth-order valence-electron chi connectivity index (χ4n) is 5.32. The van der Waals surface area contributed by atoms with Crippen LogP contribution < -0.4 is 9.47 Å². The van der Waals surface area contributed by atoms with Crippen LogP contribution in [0.15, 0.2) is 65.7 Å². The molecule has 0 bridgehead atoms. The van der Waals surface area contributed by atoms with E-state index < -0.39 is 21.4 Å². The van der Waals surface area contributed by atoms with Gasteiger partial charge in [0.25, 0.3) is 0 Å². The maximum Gasteiger partial charge on any atom is 0.304 e. The third kappa shape index (κ3) is 6.39. The number of hydrogen-bond acceptors (Lipinski definition) is 8. The van der Waals surface area contributed by atoms with Gasteiger partial charge in [-0.3, -0.25) is 4.79 Å². The summed E-state index contributed by atoms with van der Waals surface area (Å²) in [6.07, 6.45) is 6.53. The smallest absolute Gasteiger partial charge is 0.304 e. The van der Waals surface area contributed by atoms with E-state index in [9.17, 15) is 18.3 Å². The topological polar surface area (TPSA) is 132 Å². The molecule has 1 unspecified atom stereocenters. The molecular formula is C30H33NO8S. The quantitative estimate of drug-likeness (QED) is 0.449. The second kappa shape index (κ2) is 11.1. The number of ether oxygens (including phenoxy) is 3. The highest BCUT2D eigenvalue weighted by molar-refractivity contribution is 7.91. The molecule has 2 fully saturated rings. The molecule has 0 spiro atoms. The number of carbonyl (C=O) groups is 1. The van der Waals surface area contributed by atoms with E-state index in [0.29, 0.717) is 30.4 Å². The summed E-state index contributed by atoms with van der Waals surface area (Å²) in [7, 11) is -3.08. The summed E-state index contributed by atoms with van der Waals surface area (Å²) in [6.45, 7) is 4.34. The standard InChI is InChI=1S/C30H33NO8S/c1-19-12-23(39-18-30(34)8-10-40(35,36)11-9-30)13-20(2)29(19)25-4-3-5-27(31-25)38-16-21-6-7-24-22(15-28(32)33)17-37-26(24)14-21/h3-5,7,12-14,16,22,34H,6,8-11,15,17-18H2,1-2H3,(H,32,33). The van der Waals surface area contributed by atoms with Crippen LogP contribution in [0.25, 0.3) is 11.3 Å². The molecule has 1 aliphatic carbocycles. The van der Waals surface area contributed by atoms with Crippen LogP contribution in [0.2, 0.25) is 0 Å². The predicted octanol–water partition coefficient (Wildman–Crippen LogP) is 4.28. The first-order chi connectivity index (χ1) is 19.0. The molecule has 3 aliphatic rings. The lowest BCUT2D eigenvalue weighted by Crippen LogP contribution is -2.43. The third-order valence-electron chi connectivity index (χ3n) is 7.54. The van der Waals surface area contributed by atoms with Gasteiger partial charge in [-0.1, -0.05) is 12.1 Å². The Balaban J connectivity index is 1.25. The molecule has 0 radical (unpaired) electrons. The Labute approximate surface area is 233 Å². The molecule has 2 N–H and O–H groups in total. The minimum absolute atomic E-state index is 0.0269. The van der Waals surface area contributed by atoms with E-state index in [2.05, 4.69) is 0 Å². The zero-order valence-electron chi connectivity index (χ0n) is 22.6. The number of fused-ring (bicyclic) bond motifs is 1.